The summed E-state index contributed by atoms with van der Waals surface area (Å²) < 4.78 is -0.195. The quantitative estimate of drug-likeness (QED) is 0.445. The van der Waals surface area contributed by atoms with Gasteiger partial charge in [0.05, 0.1) is 21.3 Å². The summed E-state index contributed by atoms with van der Waals surface area (Å²) in [6.07, 6.45) is 6.31. The normalized spacial score (nSPS) is 27.8. The predicted octanol–water partition coefficient (Wildman–Crippen LogP) is 3.29. The van der Waals surface area contributed by atoms with E-state index in [1.807, 2.05) is 47.9 Å². The minimum absolute atomic E-state index is 0.0816. The van der Waals surface area contributed by atoms with Crippen molar-refractivity contribution >= 4 is 22.0 Å². The second kappa shape index (κ2) is 8.91. The Hall–Kier alpha value is -2.13. The lowest BCUT2D eigenvalue weighted by molar-refractivity contribution is -0.295. The summed E-state index contributed by atoms with van der Waals surface area (Å²) in [7, 11) is -2.09. The number of hydrogen-bond donors (Lipinski definition) is 0. The fourth-order valence-electron chi connectivity index (χ4n) is 5.70. The maximum absolute atomic E-state index is 13.3. The number of nitrogens with zero attached hydrogens (tertiary/aromatic N) is 4. The molecule has 9 heteroatoms. The largest absolute Gasteiger partial charge is 0.340 e. The summed E-state index contributed by atoms with van der Waals surface area (Å²) in [5.74, 6) is 0.233. The van der Waals surface area contributed by atoms with Crippen molar-refractivity contribution in [1.82, 2.24) is 14.7 Å². The van der Waals surface area contributed by atoms with Gasteiger partial charge in [-0.2, -0.15) is 0 Å². The third-order valence-corrected chi connectivity index (χ3v) is 9.98. The molecule has 3 aliphatic heterocycles. The number of carbonyl (C=O) groups is 2. The van der Waals surface area contributed by atoms with E-state index >= 15 is 0 Å². The highest BCUT2D eigenvalue weighted by molar-refractivity contribution is 8.27. The second-order valence-electron chi connectivity index (χ2n) is 10.3. The van der Waals surface area contributed by atoms with Gasteiger partial charge in [0, 0.05) is 60.4 Å². The Kier molecular flexibility index (Phi) is 6.48. The SMILES string of the molecule is CC(c1ccc(S(C)(C)[N+](=O)[O-])cc1)N1C(=O)[C@@H]2C[C@H]1CN2C[C@H](C)C(=O)N1CCC[C@H]1C. The van der Waals surface area contributed by atoms with E-state index in [2.05, 4.69) is 11.8 Å². The fraction of sp³-hybridized carbons (Fsp3) is 0.667. The summed E-state index contributed by atoms with van der Waals surface area (Å²) in [6, 6.07) is 7.75. The molecule has 182 valence electrons. The number of carbonyl (C=O) groups excluding carboxylic acids is 2. The van der Waals surface area contributed by atoms with Crippen molar-refractivity contribution in [3.8, 4) is 0 Å². The lowest BCUT2D eigenvalue weighted by atomic mass is 10.0. The van der Waals surface area contributed by atoms with Gasteiger partial charge in [0.15, 0.2) is 0 Å². The van der Waals surface area contributed by atoms with Crippen molar-refractivity contribution in [2.75, 3.05) is 32.1 Å². The summed E-state index contributed by atoms with van der Waals surface area (Å²) in [6.45, 7) is 8.41. The molecule has 3 saturated heterocycles. The zero-order valence-corrected chi connectivity index (χ0v) is 21.1. The lowest BCUT2D eigenvalue weighted by Gasteiger charge is -2.38. The van der Waals surface area contributed by atoms with E-state index in [-0.39, 0.29) is 40.2 Å². The molecule has 5 atom stereocenters. The molecule has 2 amide bonds. The number of benzene rings is 1. The Bertz CT molecular complexity index is 937. The first-order valence-corrected chi connectivity index (χ1v) is 14.3. The molecule has 1 unspecified atom stereocenters. The van der Waals surface area contributed by atoms with Crippen molar-refractivity contribution in [3.63, 3.8) is 0 Å². The minimum Gasteiger partial charge on any atom is -0.340 e. The molecule has 3 heterocycles. The summed E-state index contributed by atoms with van der Waals surface area (Å²) in [5.41, 5.74) is 0.997. The number of fused-ring (bicyclic) bond motifs is 2. The summed E-state index contributed by atoms with van der Waals surface area (Å²) >= 11 is 0. The zero-order chi connectivity index (χ0) is 24.1. The zero-order valence-electron chi connectivity index (χ0n) is 20.3. The molecular formula is C24H36N4O4S. The van der Waals surface area contributed by atoms with Gasteiger partial charge in [-0.15, -0.1) is 0 Å². The van der Waals surface area contributed by atoms with Gasteiger partial charge < -0.3 is 9.80 Å². The van der Waals surface area contributed by atoms with E-state index in [4.69, 9.17) is 0 Å². The molecule has 3 fully saturated rings. The van der Waals surface area contributed by atoms with Crippen molar-refractivity contribution in [1.29, 1.82) is 0 Å². The number of amides is 2. The number of nitro groups is 1. The maximum atomic E-state index is 13.3. The molecule has 1 aromatic rings. The van der Waals surface area contributed by atoms with Crippen LogP contribution in [0.1, 0.15) is 51.6 Å². The molecule has 2 bridgehead atoms. The molecule has 8 nitrogen and oxygen atoms in total. The van der Waals surface area contributed by atoms with Gasteiger partial charge in [0.2, 0.25) is 11.8 Å². The van der Waals surface area contributed by atoms with E-state index in [1.54, 1.807) is 12.5 Å². The molecule has 0 radical (unpaired) electrons. The first-order valence-electron chi connectivity index (χ1n) is 11.9. The molecule has 0 aromatic heterocycles. The van der Waals surface area contributed by atoms with E-state index in [0.717, 1.165) is 42.8 Å². The van der Waals surface area contributed by atoms with Crippen LogP contribution in [0.15, 0.2) is 29.2 Å². The fourth-order valence-corrected chi connectivity index (χ4v) is 6.67. The number of rotatable bonds is 7. The average Bonchev–Trinajstić information content (AvgIpc) is 3.47. The second-order valence-corrected chi connectivity index (χ2v) is 13.6. The van der Waals surface area contributed by atoms with Crippen LogP contribution < -0.4 is 0 Å². The minimum atomic E-state index is -2.09. The van der Waals surface area contributed by atoms with Crippen LogP contribution in [0.25, 0.3) is 0 Å². The van der Waals surface area contributed by atoms with Gasteiger partial charge in [-0.3, -0.25) is 24.6 Å². The highest BCUT2D eigenvalue weighted by Gasteiger charge is 2.51. The molecule has 0 N–H and O–H groups in total. The third kappa shape index (κ3) is 4.25. The van der Waals surface area contributed by atoms with Crippen LogP contribution in [0, 0.1) is 16.0 Å². The third-order valence-electron chi connectivity index (χ3n) is 7.81. The van der Waals surface area contributed by atoms with Crippen molar-refractivity contribution in [2.45, 2.75) is 69.1 Å². The van der Waals surface area contributed by atoms with Gasteiger partial charge >= 0.3 is 0 Å². The topological polar surface area (TPSA) is 87.0 Å². The number of likely N-dealkylation sites (tertiary alicyclic amines) is 3. The van der Waals surface area contributed by atoms with E-state index in [0.29, 0.717) is 12.6 Å². The highest BCUT2D eigenvalue weighted by Crippen LogP contribution is 2.49. The Morgan fingerprint density at radius 1 is 1.24 bits per heavy atom. The Morgan fingerprint density at radius 3 is 2.45 bits per heavy atom. The van der Waals surface area contributed by atoms with Crippen molar-refractivity contribution < 1.29 is 13.9 Å². The van der Waals surface area contributed by atoms with Gasteiger partial charge in [0.1, 0.15) is 0 Å². The van der Waals surface area contributed by atoms with Crippen LogP contribution >= 0.6 is 10.2 Å². The Morgan fingerprint density at radius 2 is 1.91 bits per heavy atom. The van der Waals surface area contributed by atoms with Crippen LogP contribution in [0.2, 0.25) is 0 Å². The van der Waals surface area contributed by atoms with Crippen molar-refractivity contribution in [3.05, 3.63) is 39.9 Å². The molecule has 0 saturated carbocycles. The van der Waals surface area contributed by atoms with Gasteiger partial charge in [-0.1, -0.05) is 19.1 Å². The first-order chi connectivity index (χ1) is 15.5. The van der Waals surface area contributed by atoms with E-state index in [9.17, 15) is 19.7 Å². The predicted molar refractivity (Wildman–Crippen MR) is 130 cm³/mol. The standard InChI is InChI=1S/C24H36N4O4S/c1-16(23(29)26-12-6-7-17(26)2)14-25-15-20-13-22(25)24(30)27(20)18(3)19-8-10-21(11-9-19)33(4,5)28(31)32/h8-11,16-18,20,22H,6-7,12-15H2,1-5H3/t16-,17+,18?,20-,22-/m0/s1. The van der Waals surface area contributed by atoms with Gasteiger partial charge in [-0.05, 0) is 50.8 Å². The van der Waals surface area contributed by atoms with Crippen LogP contribution in [0.5, 0.6) is 0 Å². The first kappa shape index (κ1) is 24.0. The highest BCUT2D eigenvalue weighted by atomic mass is 32.3. The van der Waals surface area contributed by atoms with Crippen molar-refractivity contribution in [2.24, 2.45) is 5.92 Å². The molecule has 1 aromatic carbocycles. The Balaban J connectivity index is 1.39. The van der Waals surface area contributed by atoms with E-state index < -0.39 is 10.2 Å². The Labute approximate surface area is 197 Å². The smallest absolute Gasteiger partial charge is 0.240 e. The van der Waals surface area contributed by atoms with Crippen LogP contribution in [-0.4, -0.2) is 81.1 Å². The molecular weight excluding hydrogens is 440 g/mol. The maximum Gasteiger partial charge on any atom is 0.240 e. The van der Waals surface area contributed by atoms with E-state index in [1.165, 1.54) is 0 Å². The van der Waals surface area contributed by atoms with Crippen LogP contribution in [-0.2, 0) is 9.59 Å². The van der Waals surface area contributed by atoms with Gasteiger partial charge in [0.25, 0.3) is 0 Å². The summed E-state index contributed by atoms with van der Waals surface area (Å²) in [4.78, 5) is 44.5. The van der Waals surface area contributed by atoms with Crippen LogP contribution in [0.4, 0.5) is 0 Å². The molecule has 3 aliphatic rings. The van der Waals surface area contributed by atoms with Gasteiger partial charge in [-0.25, -0.2) is 0 Å². The average molecular weight is 477 g/mol. The monoisotopic (exact) mass is 476 g/mol. The molecule has 4 rings (SSSR count). The van der Waals surface area contributed by atoms with Crippen LogP contribution in [0.3, 0.4) is 0 Å². The number of hydrogen-bond acceptors (Lipinski definition) is 5. The molecule has 33 heavy (non-hydrogen) atoms. The lowest BCUT2D eigenvalue weighted by Crippen LogP contribution is -2.53. The summed E-state index contributed by atoms with van der Waals surface area (Å²) in [5, 5.41) is 11.4. The molecule has 0 aliphatic carbocycles. The number of piperazine rings is 1. The molecule has 0 spiro atoms.